The minimum Gasteiger partial charge on any atom is -0.477 e. The highest BCUT2D eigenvalue weighted by atomic mass is 32.2. The van der Waals surface area contributed by atoms with Gasteiger partial charge < -0.3 is 20.7 Å². The van der Waals surface area contributed by atoms with Crippen LogP contribution in [0.2, 0.25) is 0 Å². The van der Waals surface area contributed by atoms with Gasteiger partial charge in [-0.1, -0.05) is 6.92 Å². The summed E-state index contributed by atoms with van der Waals surface area (Å²) in [5.74, 6) is -0.917. The first-order valence-electron chi connectivity index (χ1n) is 5.36. The van der Waals surface area contributed by atoms with E-state index in [2.05, 4.69) is 4.74 Å². The molecule has 0 bridgehead atoms. The summed E-state index contributed by atoms with van der Waals surface area (Å²) in [5.41, 5.74) is 5.47. The molecule has 7 nitrogen and oxygen atoms in total. The molecular formula is C10H16N2O5S. The molecule has 1 fully saturated rings. The van der Waals surface area contributed by atoms with Crippen molar-refractivity contribution in [3.63, 3.8) is 0 Å². The summed E-state index contributed by atoms with van der Waals surface area (Å²) in [6.45, 7) is 1.31. The van der Waals surface area contributed by atoms with Gasteiger partial charge in [0.05, 0.1) is 6.61 Å². The number of thioether (sulfide) groups is 1. The summed E-state index contributed by atoms with van der Waals surface area (Å²) in [4.78, 5) is 23.9. The van der Waals surface area contributed by atoms with Crippen LogP contribution in [0.3, 0.4) is 0 Å². The Kier molecular flexibility index (Phi) is 5.60. The maximum atomic E-state index is 11.6. The molecule has 0 saturated carbocycles. The zero-order valence-corrected chi connectivity index (χ0v) is 10.7. The Balaban J connectivity index is 2.81. The first-order valence-corrected chi connectivity index (χ1v) is 6.41. The van der Waals surface area contributed by atoms with Crippen LogP contribution in [0.15, 0.2) is 11.8 Å². The lowest BCUT2D eigenvalue weighted by molar-refractivity contribution is -0.147. The van der Waals surface area contributed by atoms with Gasteiger partial charge in [-0.15, -0.1) is 11.8 Å². The number of likely N-dealkylation sites (tertiary alicyclic amines) is 1. The van der Waals surface area contributed by atoms with Gasteiger partial charge in [0.25, 0.3) is 0 Å². The Morgan fingerprint density at radius 2 is 2.33 bits per heavy atom. The molecule has 0 spiro atoms. The summed E-state index contributed by atoms with van der Waals surface area (Å²) < 4.78 is 4.63. The number of carbonyl (C=O) groups is 2. The van der Waals surface area contributed by atoms with Crippen LogP contribution in [0, 0.1) is 0 Å². The number of nitrogens with zero attached hydrogens (tertiary/aromatic N) is 1. The van der Waals surface area contributed by atoms with E-state index in [9.17, 15) is 9.59 Å². The van der Waals surface area contributed by atoms with E-state index in [0.717, 1.165) is 10.7 Å². The van der Waals surface area contributed by atoms with Gasteiger partial charge in [-0.05, 0) is 11.8 Å². The second-order valence-corrected chi connectivity index (χ2v) is 4.87. The molecule has 18 heavy (non-hydrogen) atoms. The predicted molar refractivity (Wildman–Crippen MR) is 65.5 cm³/mol. The summed E-state index contributed by atoms with van der Waals surface area (Å²) in [6.07, 6.45) is 1.24. The minimum atomic E-state index is -1.22. The highest BCUT2D eigenvalue weighted by molar-refractivity contribution is 8.00. The van der Waals surface area contributed by atoms with Crippen molar-refractivity contribution in [3.05, 3.63) is 11.8 Å². The van der Waals surface area contributed by atoms with Crippen LogP contribution >= 0.6 is 11.8 Å². The monoisotopic (exact) mass is 276 g/mol. The van der Waals surface area contributed by atoms with Gasteiger partial charge in [0, 0.05) is 0 Å². The molecule has 2 atom stereocenters. The van der Waals surface area contributed by atoms with Gasteiger partial charge in [0.15, 0.2) is 0 Å². The maximum absolute atomic E-state index is 11.6. The Morgan fingerprint density at radius 3 is 2.83 bits per heavy atom. The van der Waals surface area contributed by atoms with E-state index in [1.807, 2.05) is 6.92 Å². The van der Waals surface area contributed by atoms with Crippen molar-refractivity contribution >= 4 is 23.6 Å². The SMILES string of the molecule is CCS[C@@H]1C(N)C(=O)N1/C(=C/COCO)C(=O)O. The molecule has 0 aliphatic carbocycles. The van der Waals surface area contributed by atoms with Crippen LogP contribution in [-0.4, -0.2) is 57.6 Å². The van der Waals surface area contributed by atoms with E-state index >= 15 is 0 Å². The zero-order valence-electron chi connectivity index (χ0n) is 9.91. The summed E-state index contributed by atoms with van der Waals surface area (Å²) in [7, 11) is 0. The Bertz CT molecular complexity index is 360. The predicted octanol–water partition coefficient (Wildman–Crippen LogP) is -0.830. The lowest BCUT2D eigenvalue weighted by Crippen LogP contribution is -2.67. The number of nitrogens with two attached hydrogens (primary N) is 1. The lowest BCUT2D eigenvalue weighted by atomic mass is 10.1. The zero-order chi connectivity index (χ0) is 13.7. The number of hydrogen-bond acceptors (Lipinski definition) is 6. The van der Waals surface area contributed by atoms with Crippen molar-refractivity contribution in [2.24, 2.45) is 5.73 Å². The van der Waals surface area contributed by atoms with Crippen LogP contribution in [0.1, 0.15) is 6.92 Å². The Morgan fingerprint density at radius 1 is 1.67 bits per heavy atom. The summed E-state index contributed by atoms with van der Waals surface area (Å²) >= 11 is 1.41. The van der Waals surface area contributed by atoms with E-state index < -0.39 is 24.7 Å². The minimum absolute atomic E-state index is 0.0827. The number of carboxylic acid groups (broad SMARTS) is 1. The van der Waals surface area contributed by atoms with Gasteiger partial charge in [-0.2, -0.15) is 0 Å². The third kappa shape index (κ3) is 3.02. The number of β-lactam (4-membered cyclic amide) rings is 1. The molecule has 1 aliphatic heterocycles. The molecule has 0 aromatic heterocycles. The topological polar surface area (TPSA) is 113 Å². The number of aliphatic hydroxyl groups is 1. The number of carbonyl (C=O) groups excluding carboxylic acids is 1. The molecule has 1 saturated heterocycles. The highest BCUT2D eigenvalue weighted by Crippen LogP contribution is 2.32. The largest absolute Gasteiger partial charge is 0.477 e. The average molecular weight is 276 g/mol. The van der Waals surface area contributed by atoms with Crippen LogP contribution in [0.5, 0.6) is 0 Å². The third-order valence-corrected chi connectivity index (χ3v) is 3.57. The Labute approximate surface area is 109 Å². The molecule has 1 unspecified atom stereocenters. The third-order valence-electron chi connectivity index (χ3n) is 2.39. The molecule has 0 aromatic rings. The molecule has 0 aromatic carbocycles. The quantitative estimate of drug-likeness (QED) is 0.241. The van der Waals surface area contributed by atoms with Crippen molar-refractivity contribution in [1.82, 2.24) is 4.90 Å². The van der Waals surface area contributed by atoms with Crippen LogP contribution in [-0.2, 0) is 14.3 Å². The second-order valence-electron chi connectivity index (χ2n) is 3.47. The molecule has 1 heterocycles. The fraction of sp³-hybridized carbons (Fsp3) is 0.600. The van der Waals surface area contributed by atoms with E-state index in [1.165, 1.54) is 17.8 Å². The van der Waals surface area contributed by atoms with Crippen molar-refractivity contribution in [2.45, 2.75) is 18.3 Å². The summed E-state index contributed by atoms with van der Waals surface area (Å²) in [6, 6.07) is -0.670. The van der Waals surface area contributed by atoms with Crippen molar-refractivity contribution < 1.29 is 24.5 Å². The smallest absolute Gasteiger partial charge is 0.352 e. The van der Waals surface area contributed by atoms with Crippen molar-refractivity contribution in [1.29, 1.82) is 0 Å². The molecule has 1 amide bonds. The normalized spacial score (nSPS) is 24.1. The number of carboxylic acids is 1. The van der Waals surface area contributed by atoms with E-state index in [-0.39, 0.29) is 17.7 Å². The van der Waals surface area contributed by atoms with Gasteiger partial charge in [-0.3, -0.25) is 9.69 Å². The molecular weight excluding hydrogens is 260 g/mol. The number of aliphatic hydroxyl groups excluding tert-OH is 1. The fourth-order valence-electron chi connectivity index (χ4n) is 1.57. The van der Waals surface area contributed by atoms with E-state index in [0.29, 0.717) is 0 Å². The van der Waals surface area contributed by atoms with Gasteiger partial charge in [0.2, 0.25) is 5.91 Å². The van der Waals surface area contributed by atoms with Crippen LogP contribution in [0.4, 0.5) is 0 Å². The molecule has 4 N–H and O–H groups in total. The first kappa shape index (κ1) is 15.0. The van der Waals surface area contributed by atoms with E-state index in [1.54, 1.807) is 0 Å². The average Bonchev–Trinajstić information content (AvgIpc) is 2.35. The van der Waals surface area contributed by atoms with Crippen LogP contribution < -0.4 is 5.73 Å². The fourth-order valence-corrected chi connectivity index (χ4v) is 2.60. The van der Waals surface area contributed by atoms with E-state index in [4.69, 9.17) is 15.9 Å². The Hall–Kier alpha value is -1.09. The molecule has 8 heteroatoms. The molecule has 1 rings (SSSR count). The lowest BCUT2D eigenvalue weighted by Gasteiger charge is -2.44. The standard InChI is InChI=1S/C10H16N2O5S/c1-2-18-9-7(11)8(14)12(9)6(10(15)16)3-4-17-5-13/h3,7,9,13H,2,4-5,11H2,1H3,(H,15,16)/b6-3+/t7?,9-/m1/s1. The van der Waals surface area contributed by atoms with Crippen LogP contribution in [0.25, 0.3) is 0 Å². The van der Waals surface area contributed by atoms with Gasteiger partial charge >= 0.3 is 5.97 Å². The van der Waals surface area contributed by atoms with Gasteiger partial charge in [-0.25, -0.2) is 4.79 Å². The molecule has 102 valence electrons. The number of rotatable bonds is 7. The maximum Gasteiger partial charge on any atom is 0.352 e. The number of hydrogen-bond donors (Lipinski definition) is 3. The van der Waals surface area contributed by atoms with Gasteiger partial charge in [0.1, 0.15) is 23.9 Å². The molecule has 1 aliphatic rings. The second kappa shape index (κ2) is 6.74. The number of aliphatic carboxylic acids is 1. The summed E-state index contributed by atoms with van der Waals surface area (Å²) in [5, 5.41) is 17.2. The van der Waals surface area contributed by atoms with Crippen molar-refractivity contribution in [3.8, 4) is 0 Å². The van der Waals surface area contributed by atoms with Crippen molar-refractivity contribution in [2.75, 3.05) is 19.2 Å². The first-order chi connectivity index (χ1) is 8.54. The highest BCUT2D eigenvalue weighted by Gasteiger charge is 2.48. The number of ether oxygens (including phenoxy) is 1. The molecule has 0 radical (unpaired) electrons. The number of amides is 1.